The number of benzene rings is 1. The highest BCUT2D eigenvalue weighted by Gasteiger charge is 2.30. The van der Waals surface area contributed by atoms with Gasteiger partial charge in [0, 0.05) is 18.3 Å². The summed E-state index contributed by atoms with van der Waals surface area (Å²) in [6, 6.07) is 3.78. The van der Waals surface area contributed by atoms with E-state index in [0.717, 1.165) is 24.6 Å². The number of aryl methyl sites for hydroxylation is 1. The molecule has 0 spiro atoms. The van der Waals surface area contributed by atoms with Crippen molar-refractivity contribution >= 4 is 0 Å². The zero-order chi connectivity index (χ0) is 14.1. The highest BCUT2D eigenvalue weighted by atomic mass is 19.2. The number of aromatic nitrogens is 2. The fourth-order valence-electron chi connectivity index (χ4n) is 2.86. The smallest absolute Gasteiger partial charge is 0.162 e. The Bertz CT molecular complexity index is 630. The van der Waals surface area contributed by atoms with Crippen LogP contribution in [0.2, 0.25) is 0 Å². The van der Waals surface area contributed by atoms with Gasteiger partial charge in [0.25, 0.3) is 0 Å². The van der Waals surface area contributed by atoms with E-state index >= 15 is 0 Å². The first-order chi connectivity index (χ1) is 9.68. The molecule has 2 unspecified atom stereocenters. The van der Waals surface area contributed by atoms with E-state index in [0.29, 0.717) is 17.7 Å². The molecule has 3 nitrogen and oxygen atoms in total. The van der Waals surface area contributed by atoms with Gasteiger partial charge in [-0.2, -0.15) is 0 Å². The Hall–Kier alpha value is -1.88. The molecule has 0 fully saturated rings. The molecule has 1 aliphatic carbocycles. The van der Waals surface area contributed by atoms with Gasteiger partial charge in [0.2, 0.25) is 0 Å². The van der Waals surface area contributed by atoms with E-state index in [1.165, 1.54) is 6.07 Å². The first kappa shape index (κ1) is 13.1. The summed E-state index contributed by atoms with van der Waals surface area (Å²) in [7, 11) is 0. The minimum absolute atomic E-state index is 0.274. The van der Waals surface area contributed by atoms with Gasteiger partial charge in [-0.25, -0.2) is 8.78 Å². The summed E-state index contributed by atoms with van der Waals surface area (Å²) < 4.78 is 27.4. The zero-order valence-electron chi connectivity index (χ0n) is 10.9. The Morgan fingerprint density at radius 1 is 1.15 bits per heavy atom. The fraction of sp³-hybridized carbons (Fsp3) is 0.333. The average Bonchev–Trinajstić information content (AvgIpc) is 2.62. The van der Waals surface area contributed by atoms with Crippen molar-refractivity contribution in [2.24, 2.45) is 5.73 Å². The number of fused-ring (bicyclic) bond motifs is 1. The standard InChI is InChI=1S/C15H15F2N3/c16-11-5-1-3-9(13(11)17)10-4-2-6-12-15(14(10)18)20-8-7-19-12/h1,3,5,7-8,10,14H,2,4,6,18H2. The number of hydrogen-bond acceptors (Lipinski definition) is 3. The van der Waals surface area contributed by atoms with Gasteiger partial charge in [0.15, 0.2) is 11.6 Å². The van der Waals surface area contributed by atoms with Crippen LogP contribution in [-0.4, -0.2) is 9.97 Å². The van der Waals surface area contributed by atoms with Gasteiger partial charge in [0.05, 0.1) is 17.4 Å². The van der Waals surface area contributed by atoms with E-state index in [-0.39, 0.29) is 5.92 Å². The van der Waals surface area contributed by atoms with E-state index in [4.69, 9.17) is 5.73 Å². The lowest BCUT2D eigenvalue weighted by Gasteiger charge is -2.22. The van der Waals surface area contributed by atoms with E-state index in [1.54, 1.807) is 18.5 Å². The Kier molecular flexibility index (Phi) is 3.44. The number of halogens is 2. The van der Waals surface area contributed by atoms with Gasteiger partial charge >= 0.3 is 0 Å². The van der Waals surface area contributed by atoms with Gasteiger partial charge in [-0.05, 0) is 30.9 Å². The number of nitrogens with two attached hydrogens (primary N) is 1. The van der Waals surface area contributed by atoms with Gasteiger partial charge in [-0.15, -0.1) is 0 Å². The third-order valence-corrected chi connectivity index (χ3v) is 3.87. The molecule has 0 amide bonds. The van der Waals surface area contributed by atoms with Crippen LogP contribution in [0.5, 0.6) is 0 Å². The molecule has 0 bridgehead atoms. The van der Waals surface area contributed by atoms with E-state index in [1.807, 2.05) is 0 Å². The van der Waals surface area contributed by atoms with Crippen molar-refractivity contribution in [1.82, 2.24) is 9.97 Å². The molecular weight excluding hydrogens is 260 g/mol. The minimum Gasteiger partial charge on any atom is -0.322 e. The first-order valence-electron chi connectivity index (χ1n) is 6.67. The summed E-state index contributed by atoms with van der Waals surface area (Å²) in [4.78, 5) is 8.57. The molecule has 2 atom stereocenters. The van der Waals surface area contributed by atoms with E-state index < -0.39 is 17.7 Å². The van der Waals surface area contributed by atoms with Crippen LogP contribution in [0.15, 0.2) is 30.6 Å². The number of nitrogens with zero attached hydrogens (tertiary/aromatic N) is 2. The lowest BCUT2D eigenvalue weighted by Crippen LogP contribution is -2.22. The minimum atomic E-state index is -0.835. The van der Waals surface area contributed by atoms with Gasteiger partial charge in [0.1, 0.15) is 0 Å². The molecule has 0 aliphatic heterocycles. The monoisotopic (exact) mass is 275 g/mol. The molecule has 0 radical (unpaired) electrons. The zero-order valence-corrected chi connectivity index (χ0v) is 10.9. The van der Waals surface area contributed by atoms with Crippen LogP contribution in [0.25, 0.3) is 0 Å². The largest absolute Gasteiger partial charge is 0.322 e. The lowest BCUT2D eigenvalue weighted by molar-refractivity contribution is 0.452. The summed E-state index contributed by atoms with van der Waals surface area (Å²) in [5, 5.41) is 0. The summed E-state index contributed by atoms with van der Waals surface area (Å²) >= 11 is 0. The number of hydrogen-bond donors (Lipinski definition) is 1. The van der Waals surface area contributed by atoms with Crippen LogP contribution in [0.1, 0.15) is 41.8 Å². The Morgan fingerprint density at radius 2 is 1.95 bits per heavy atom. The van der Waals surface area contributed by atoms with Crippen molar-refractivity contribution in [3.05, 3.63) is 59.2 Å². The predicted molar refractivity (Wildman–Crippen MR) is 71.0 cm³/mol. The second-order valence-corrected chi connectivity index (χ2v) is 5.06. The van der Waals surface area contributed by atoms with Crippen LogP contribution < -0.4 is 5.73 Å². The van der Waals surface area contributed by atoms with Gasteiger partial charge in [-0.1, -0.05) is 12.1 Å². The van der Waals surface area contributed by atoms with E-state index in [9.17, 15) is 8.78 Å². The maximum absolute atomic E-state index is 14.0. The summed E-state index contributed by atoms with van der Waals surface area (Å²) in [6.07, 6.45) is 5.52. The van der Waals surface area contributed by atoms with Crippen molar-refractivity contribution in [2.45, 2.75) is 31.2 Å². The first-order valence-corrected chi connectivity index (χ1v) is 6.67. The Balaban J connectivity index is 2.05. The Labute approximate surface area is 115 Å². The van der Waals surface area contributed by atoms with Crippen molar-refractivity contribution < 1.29 is 8.78 Å². The van der Waals surface area contributed by atoms with Crippen molar-refractivity contribution in [2.75, 3.05) is 0 Å². The van der Waals surface area contributed by atoms with Crippen molar-refractivity contribution in [3.8, 4) is 0 Å². The van der Waals surface area contributed by atoms with Gasteiger partial charge in [-0.3, -0.25) is 9.97 Å². The fourth-order valence-corrected chi connectivity index (χ4v) is 2.86. The molecule has 20 heavy (non-hydrogen) atoms. The summed E-state index contributed by atoms with van der Waals surface area (Å²) in [5.74, 6) is -1.91. The molecule has 1 aromatic heterocycles. The SMILES string of the molecule is NC1c2nccnc2CCCC1c1cccc(F)c1F. The lowest BCUT2D eigenvalue weighted by atomic mass is 9.87. The maximum atomic E-state index is 14.0. The molecular formula is C15H15F2N3. The topological polar surface area (TPSA) is 51.8 Å². The summed E-state index contributed by atoms with van der Waals surface area (Å²) in [6.45, 7) is 0. The molecule has 0 saturated carbocycles. The third kappa shape index (κ3) is 2.18. The maximum Gasteiger partial charge on any atom is 0.162 e. The molecule has 1 aliphatic rings. The van der Waals surface area contributed by atoms with E-state index in [2.05, 4.69) is 9.97 Å². The van der Waals surface area contributed by atoms with Crippen LogP contribution in [-0.2, 0) is 6.42 Å². The average molecular weight is 275 g/mol. The number of rotatable bonds is 1. The normalized spacial score (nSPS) is 22.1. The van der Waals surface area contributed by atoms with Crippen LogP contribution in [0.3, 0.4) is 0 Å². The van der Waals surface area contributed by atoms with Gasteiger partial charge < -0.3 is 5.73 Å². The second-order valence-electron chi connectivity index (χ2n) is 5.06. The molecule has 5 heteroatoms. The highest BCUT2D eigenvalue weighted by Crippen LogP contribution is 2.37. The quantitative estimate of drug-likeness (QED) is 0.814. The molecule has 3 rings (SSSR count). The molecule has 2 N–H and O–H groups in total. The molecule has 2 aromatic rings. The highest BCUT2D eigenvalue weighted by molar-refractivity contribution is 5.29. The van der Waals surface area contributed by atoms with Crippen LogP contribution in [0.4, 0.5) is 8.78 Å². The molecule has 0 saturated heterocycles. The van der Waals surface area contributed by atoms with Crippen molar-refractivity contribution in [1.29, 1.82) is 0 Å². The van der Waals surface area contributed by atoms with Crippen LogP contribution >= 0.6 is 0 Å². The third-order valence-electron chi connectivity index (χ3n) is 3.87. The molecule has 1 heterocycles. The molecule has 104 valence electrons. The van der Waals surface area contributed by atoms with Crippen molar-refractivity contribution in [3.63, 3.8) is 0 Å². The Morgan fingerprint density at radius 3 is 2.80 bits per heavy atom. The predicted octanol–water partition coefficient (Wildman–Crippen LogP) is 2.87. The molecule has 1 aromatic carbocycles. The summed E-state index contributed by atoms with van der Waals surface area (Å²) in [5.41, 5.74) is 8.13. The second kappa shape index (κ2) is 5.25. The van der Waals surface area contributed by atoms with Crippen LogP contribution in [0, 0.1) is 11.6 Å².